The van der Waals surface area contributed by atoms with Crippen molar-refractivity contribution in [3.8, 4) is 5.75 Å². The van der Waals surface area contributed by atoms with Crippen molar-refractivity contribution in [1.29, 1.82) is 0 Å². The van der Waals surface area contributed by atoms with Crippen LogP contribution >= 0.6 is 0 Å². The van der Waals surface area contributed by atoms with Crippen LogP contribution in [0.1, 0.15) is 40.0 Å². The van der Waals surface area contributed by atoms with Gasteiger partial charge in [0, 0.05) is 13.1 Å². The topological polar surface area (TPSA) is 96.4 Å². The van der Waals surface area contributed by atoms with Crippen LogP contribution in [0.2, 0.25) is 0 Å². The van der Waals surface area contributed by atoms with Gasteiger partial charge in [0.15, 0.2) is 0 Å². The van der Waals surface area contributed by atoms with E-state index in [-0.39, 0.29) is 23.6 Å². The number of amides is 1. The minimum absolute atomic E-state index is 0.0242. The maximum atomic E-state index is 12.3. The Morgan fingerprint density at radius 3 is 2.16 bits per heavy atom. The van der Waals surface area contributed by atoms with Crippen molar-refractivity contribution in [2.45, 2.75) is 58.0 Å². The molecule has 3 rings (SSSR count). The number of carbonyl (C=O) groups is 1. The maximum Gasteiger partial charge on any atom is 0.573 e. The normalized spacial score (nSPS) is 22.4. The minimum Gasteiger partial charge on any atom is -0.444 e. The van der Waals surface area contributed by atoms with E-state index in [1.807, 2.05) is 0 Å². The van der Waals surface area contributed by atoms with E-state index in [0.717, 1.165) is 28.6 Å². The maximum absolute atomic E-state index is 12.3. The predicted molar refractivity (Wildman–Crippen MR) is 110 cm³/mol. The number of ether oxygens (including phenoxy) is 2. The molecule has 0 radical (unpaired) electrons. The SMILES string of the molecule is CC(C)(C)OC(=O)N1CCC([C@@H]2C[C@H]2N(c2ccc(OC(F)(F)F)cc2)S(=O)(=O)O)CC1. The monoisotopic (exact) mass is 480 g/mol. The van der Waals surface area contributed by atoms with Crippen molar-refractivity contribution in [3.63, 3.8) is 0 Å². The Bertz CT molecular complexity index is 922. The highest BCUT2D eigenvalue weighted by Gasteiger charge is 2.51. The van der Waals surface area contributed by atoms with Crippen molar-refractivity contribution in [1.82, 2.24) is 4.90 Å². The van der Waals surface area contributed by atoms with Gasteiger partial charge in [0.25, 0.3) is 0 Å². The van der Waals surface area contributed by atoms with Crippen molar-refractivity contribution >= 4 is 22.1 Å². The first-order valence-electron chi connectivity index (χ1n) is 10.2. The van der Waals surface area contributed by atoms with Crippen LogP contribution in [0, 0.1) is 11.8 Å². The third-order valence-electron chi connectivity index (χ3n) is 5.48. The van der Waals surface area contributed by atoms with Gasteiger partial charge < -0.3 is 14.4 Å². The number of hydrogen-bond donors (Lipinski definition) is 1. The summed E-state index contributed by atoms with van der Waals surface area (Å²) in [6.45, 7) is 6.34. The minimum atomic E-state index is -4.86. The zero-order valence-corrected chi connectivity index (χ0v) is 18.8. The Morgan fingerprint density at radius 1 is 1.12 bits per heavy atom. The molecule has 1 aromatic carbocycles. The molecule has 2 aliphatic rings. The Morgan fingerprint density at radius 2 is 1.69 bits per heavy atom. The number of carbonyl (C=O) groups excluding carboxylic acids is 1. The van der Waals surface area contributed by atoms with Gasteiger partial charge in [-0.05, 0) is 76.1 Å². The average Bonchev–Trinajstić information content (AvgIpc) is 3.40. The molecule has 1 heterocycles. The molecule has 12 heteroatoms. The number of nitrogens with zero attached hydrogens (tertiary/aromatic N) is 2. The lowest BCUT2D eigenvalue weighted by Gasteiger charge is -2.34. The molecule has 1 N–H and O–H groups in total. The van der Waals surface area contributed by atoms with E-state index in [2.05, 4.69) is 4.74 Å². The molecule has 1 aromatic rings. The van der Waals surface area contributed by atoms with Crippen molar-refractivity contribution in [3.05, 3.63) is 24.3 Å². The van der Waals surface area contributed by atoms with Gasteiger partial charge in [0.2, 0.25) is 0 Å². The fourth-order valence-corrected chi connectivity index (χ4v) is 5.08. The van der Waals surface area contributed by atoms with Crippen molar-refractivity contribution < 1.29 is 40.4 Å². The molecule has 0 aromatic heterocycles. The van der Waals surface area contributed by atoms with Crippen LogP contribution in [0.4, 0.5) is 23.7 Å². The molecule has 1 saturated carbocycles. The fraction of sp³-hybridized carbons (Fsp3) is 0.650. The smallest absolute Gasteiger partial charge is 0.444 e. The zero-order valence-electron chi connectivity index (χ0n) is 18.0. The van der Waals surface area contributed by atoms with E-state index in [1.54, 1.807) is 25.7 Å². The van der Waals surface area contributed by atoms with E-state index >= 15 is 0 Å². The predicted octanol–water partition coefficient (Wildman–Crippen LogP) is 4.23. The molecule has 1 saturated heterocycles. The zero-order chi connectivity index (χ0) is 23.9. The fourth-order valence-electron chi connectivity index (χ4n) is 4.10. The second kappa shape index (κ2) is 8.62. The van der Waals surface area contributed by atoms with Gasteiger partial charge in [-0.2, -0.15) is 8.42 Å². The van der Waals surface area contributed by atoms with Crippen LogP contribution in [0.15, 0.2) is 24.3 Å². The van der Waals surface area contributed by atoms with Crippen molar-refractivity contribution in [2.24, 2.45) is 11.8 Å². The van der Waals surface area contributed by atoms with Crippen LogP contribution in [0.5, 0.6) is 5.75 Å². The summed E-state index contributed by atoms with van der Waals surface area (Å²) >= 11 is 0. The molecule has 8 nitrogen and oxygen atoms in total. The first kappa shape index (κ1) is 24.4. The summed E-state index contributed by atoms with van der Waals surface area (Å²) in [7, 11) is -4.63. The van der Waals surface area contributed by atoms with E-state index < -0.39 is 34.1 Å². The number of halogens is 3. The number of piperidine rings is 1. The highest BCUT2D eigenvalue weighted by Crippen LogP contribution is 2.48. The lowest BCUT2D eigenvalue weighted by atomic mass is 9.92. The second-order valence-electron chi connectivity index (χ2n) is 9.09. The molecule has 1 aliphatic heterocycles. The molecule has 0 unspecified atom stereocenters. The molecular weight excluding hydrogens is 453 g/mol. The summed E-state index contributed by atoms with van der Waals surface area (Å²) in [4.78, 5) is 13.8. The Labute approximate surface area is 185 Å². The Kier molecular flexibility index (Phi) is 6.58. The number of rotatable bonds is 5. The molecule has 0 spiro atoms. The molecule has 0 bridgehead atoms. The number of hydrogen-bond acceptors (Lipinski definition) is 5. The van der Waals surface area contributed by atoms with E-state index in [4.69, 9.17) is 4.74 Å². The summed E-state index contributed by atoms with van der Waals surface area (Å²) in [5.41, 5.74) is -0.535. The molecule has 1 aliphatic carbocycles. The van der Waals surface area contributed by atoms with Crippen LogP contribution in [-0.4, -0.2) is 55.1 Å². The largest absolute Gasteiger partial charge is 0.573 e. The third-order valence-corrected chi connectivity index (χ3v) is 6.45. The van der Waals surface area contributed by atoms with Gasteiger partial charge in [-0.15, -0.1) is 13.2 Å². The van der Waals surface area contributed by atoms with Crippen molar-refractivity contribution in [2.75, 3.05) is 17.4 Å². The molecule has 1 amide bonds. The summed E-state index contributed by atoms with van der Waals surface area (Å²) in [5.74, 6) is -0.363. The summed E-state index contributed by atoms with van der Waals surface area (Å²) in [5, 5.41) is 0. The lowest BCUT2D eigenvalue weighted by Crippen LogP contribution is -2.42. The number of likely N-dealkylation sites (tertiary alicyclic amines) is 1. The number of benzene rings is 1. The van der Waals surface area contributed by atoms with E-state index in [1.165, 1.54) is 0 Å². The summed E-state index contributed by atoms with van der Waals surface area (Å²) in [6, 6.07) is 3.82. The second-order valence-corrected chi connectivity index (χ2v) is 10.4. The number of anilines is 1. The molecule has 180 valence electrons. The van der Waals surface area contributed by atoms with Crippen LogP contribution in [-0.2, 0) is 15.0 Å². The average molecular weight is 481 g/mol. The van der Waals surface area contributed by atoms with Crippen LogP contribution in [0.25, 0.3) is 0 Å². The summed E-state index contributed by atoms with van der Waals surface area (Å²) < 4.78 is 80.9. The van der Waals surface area contributed by atoms with Gasteiger partial charge in [-0.25, -0.2) is 9.10 Å². The lowest BCUT2D eigenvalue weighted by molar-refractivity contribution is -0.274. The van der Waals surface area contributed by atoms with Gasteiger partial charge >= 0.3 is 22.8 Å². The first-order chi connectivity index (χ1) is 14.6. The first-order valence-corrected chi connectivity index (χ1v) is 11.6. The Hall–Kier alpha value is -2.21. The van der Waals surface area contributed by atoms with Crippen LogP contribution < -0.4 is 9.04 Å². The van der Waals surface area contributed by atoms with Crippen LogP contribution in [0.3, 0.4) is 0 Å². The van der Waals surface area contributed by atoms with E-state index in [0.29, 0.717) is 32.4 Å². The number of alkyl halides is 3. The standard InChI is InChI=1S/C20H27F3N2O6S/c1-19(2,3)31-18(26)24-10-8-13(9-11-24)16-12-17(16)25(32(27,28)29)14-4-6-15(7-5-14)30-20(21,22)23/h4-7,13,16-17H,8-12H2,1-3H3,(H,27,28,29)/t16-,17+/m0/s1. The van der Waals surface area contributed by atoms with Gasteiger partial charge in [-0.1, -0.05) is 0 Å². The highest BCUT2D eigenvalue weighted by molar-refractivity contribution is 7.87. The molecule has 2 atom stereocenters. The molecule has 2 fully saturated rings. The quantitative estimate of drug-likeness (QED) is 0.634. The summed E-state index contributed by atoms with van der Waals surface area (Å²) in [6.07, 6.45) is -3.41. The molecule has 32 heavy (non-hydrogen) atoms. The third kappa shape index (κ3) is 6.41. The highest BCUT2D eigenvalue weighted by atomic mass is 32.2. The van der Waals surface area contributed by atoms with Gasteiger partial charge in [-0.3, -0.25) is 4.55 Å². The Balaban J connectivity index is 1.63. The van der Waals surface area contributed by atoms with E-state index in [9.17, 15) is 30.9 Å². The molecular formula is C20H27F3N2O6S. The van der Waals surface area contributed by atoms with Gasteiger partial charge in [0.05, 0.1) is 11.7 Å². The van der Waals surface area contributed by atoms with Gasteiger partial charge in [0.1, 0.15) is 11.4 Å².